The number of nitrogens with one attached hydrogen (secondary N) is 1. The standard InChI is InChI=1S/C29H26N4O5S2/c1-4-32-26(31-14-18-5-8-20(36-3)9-6-18)21(17(2)22(13-30)27(32)34)12-25-28(35)33(29(39)40-25)15-19-7-10-23-24(11-19)38-16-37-23/h5-12,31H,4,14-16H2,1-3H3/b25-12+. The summed E-state index contributed by atoms with van der Waals surface area (Å²) in [5.74, 6) is 2.32. The van der Waals surface area contributed by atoms with E-state index in [1.165, 1.54) is 21.2 Å². The van der Waals surface area contributed by atoms with Gasteiger partial charge in [-0.05, 0) is 60.9 Å². The van der Waals surface area contributed by atoms with Crippen LogP contribution in [0, 0.1) is 18.3 Å². The fourth-order valence-electron chi connectivity index (χ4n) is 4.57. The maximum atomic E-state index is 13.5. The van der Waals surface area contributed by atoms with Crippen LogP contribution in [0.1, 0.15) is 34.7 Å². The first-order valence-corrected chi connectivity index (χ1v) is 13.7. The van der Waals surface area contributed by atoms with Crippen molar-refractivity contribution in [1.29, 1.82) is 5.26 Å². The van der Waals surface area contributed by atoms with Gasteiger partial charge in [0.2, 0.25) is 6.79 Å². The van der Waals surface area contributed by atoms with E-state index in [1.54, 1.807) is 20.1 Å². The molecule has 9 nitrogen and oxygen atoms in total. The van der Waals surface area contributed by atoms with Crippen LogP contribution in [-0.2, 0) is 24.4 Å². The van der Waals surface area contributed by atoms with E-state index in [-0.39, 0.29) is 30.4 Å². The summed E-state index contributed by atoms with van der Waals surface area (Å²) in [6, 6.07) is 15.1. The SMILES string of the molecule is CCn1c(NCc2ccc(OC)cc2)c(/C=C2/SC(=S)N(Cc3ccc4c(c3)OCO4)C2=O)c(C)c(C#N)c1=O. The number of ether oxygens (including phenoxy) is 3. The zero-order chi connectivity index (χ0) is 28.4. The number of hydrogen-bond donors (Lipinski definition) is 1. The number of benzene rings is 2. The van der Waals surface area contributed by atoms with E-state index >= 15 is 0 Å². The summed E-state index contributed by atoms with van der Waals surface area (Å²) in [6.07, 6.45) is 1.72. The van der Waals surface area contributed by atoms with E-state index in [2.05, 4.69) is 5.32 Å². The maximum Gasteiger partial charge on any atom is 0.270 e. The zero-order valence-corrected chi connectivity index (χ0v) is 23.8. The Morgan fingerprint density at radius 3 is 2.58 bits per heavy atom. The first-order chi connectivity index (χ1) is 19.3. The first-order valence-electron chi connectivity index (χ1n) is 12.5. The Bertz CT molecular complexity index is 1640. The number of thiocarbonyl (C=S) groups is 1. The average molecular weight is 575 g/mol. The van der Waals surface area contributed by atoms with Crippen LogP contribution in [0.15, 0.2) is 52.2 Å². The van der Waals surface area contributed by atoms with Crippen molar-refractivity contribution in [3.63, 3.8) is 0 Å². The van der Waals surface area contributed by atoms with Crippen LogP contribution >= 0.6 is 24.0 Å². The summed E-state index contributed by atoms with van der Waals surface area (Å²) < 4.78 is 18.0. The molecule has 3 heterocycles. The molecule has 0 atom stereocenters. The monoisotopic (exact) mass is 574 g/mol. The molecule has 1 saturated heterocycles. The molecule has 0 bridgehead atoms. The molecule has 1 amide bonds. The van der Waals surface area contributed by atoms with Crippen molar-refractivity contribution in [2.75, 3.05) is 19.2 Å². The normalized spacial score (nSPS) is 15.1. The van der Waals surface area contributed by atoms with Gasteiger partial charge in [-0.2, -0.15) is 5.26 Å². The molecule has 0 radical (unpaired) electrons. The quantitative estimate of drug-likeness (QED) is 0.300. The van der Waals surface area contributed by atoms with Gasteiger partial charge in [-0.15, -0.1) is 0 Å². The Kier molecular flexibility index (Phi) is 7.82. The van der Waals surface area contributed by atoms with Gasteiger partial charge in [0.1, 0.15) is 27.5 Å². The van der Waals surface area contributed by atoms with Crippen LogP contribution in [0.5, 0.6) is 17.2 Å². The number of anilines is 1. The van der Waals surface area contributed by atoms with Gasteiger partial charge in [0, 0.05) is 18.7 Å². The highest BCUT2D eigenvalue weighted by Crippen LogP contribution is 2.37. The van der Waals surface area contributed by atoms with Gasteiger partial charge in [-0.1, -0.05) is 42.2 Å². The summed E-state index contributed by atoms with van der Waals surface area (Å²) in [7, 11) is 1.61. The second-order valence-corrected chi connectivity index (χ2v) is 10.8. The fourth-order valence-corrected chi connectivity index (χ4v) is 5.81. The van der Waals surface area contributed by atoms with Gasteiger partial charge in [0.15, 0.2) is 11.5 Å². The minimum atomic E-state index is -0.382. The number of amides is 1. The van der Waals surface area contributed by atoms with E-state index < -0.39 is 0 Å². The van der Waals surface area contributed by atoms with Crippen LogP contribution in [0.25, 0.3) is 6.08 Å². The number of aromatic nitrogens is 1. The van der Waals surface area contributed by atoms with Crippen molar-refractivity contribution in [3.05, 3.63) is 85.5 Å². The molecule has 0 saturated carbocycles. The molecule has 40 heavy (non-hydrogen) atoms. The molecular weight excluding hydrogens is 548 g/mol. The van der Waals surface area contributed by atoms with Crippen LogP contribution in [-0.4, -0.2) is 33.6 Å². The molecule has 204 valence electrons. The fraction of sp³-hybridized carbons (Fsp3) is 0.241. The molecular formula is C29H26N4O5S2. The Morgan fingerprint density at radius 1 is 1.15 bits per heavy atom. The minimum absolute atomic E-state index is 0.0407. The lowest BCUT2D eigenvalue weighted by molar-refractivity contribution is -0.122. The summed E-state index contributed by atoms with van der Waals surface area (Å²) >= 11 is 6.76. The van der Waals surface area contributed by atoms with Gasteiger partial charge in [0.25, 0.3) is 11.5 Å². The van der Waals surface area contributed by atoms with Gasteiger partial charge in [-0.3, -0.25) is 19.1 Å². The van der Waals surface area contributed by atoms with Crippen molar-refractivity contribution in [1.82, 2.24) is 9.47 Å². The molecule has 0 spiro atoms. The lowest BCUT2D eigenvalue weighted by Gasteiger charge is -2.19. The van der Waals surface area contributed by atoms with Gasteiger partial charge < -0.3 is 19.5 Å². The number of carbonyl (C=O) groups is 1. The van der Waals surface area contributed by atoms with E-state index in [0.29, 0.717) is 50.8 Å². The highest BCUT2D eigenvalue weighted by atomic mass is 32.2. The van der Waals surface area contributed by atoms with E-state index in [9.17, 15) is 14.9 Å². The Labute approximate surface area is 241 Å². The van der Waals surface area contributed by atoms with Crippen molar-refractivity contribution in [2.45, 2.75) is 33.5 Å². The van der Waals surface area contributed by atoms with E-state index in [0.717, 1.165) is 16.9 Å². The second kappa shape index (κ2) is 11.5. The number of nitriles is 1. The lowest BCUT2D eigenvalue weighted by Crippen LogP contribution is -2.28. The highest BCUT2D eigenvalue weighted by molar-refractivity contribution is 8.26. The van der Waals surface area contributed by atoms with Gasteiger partial charge >= 0.3 is 0 Å². The first kappa shape index (κ1) is 27.3. The van der Waals surface area contributed by atoms with Crippen molar-refractivity contribution < 1.29 is 19.0 Å². The molecule has 2 aliphatic heterocycles. The van der Waals surface area contributed by atoms with Crippen LogP contribution in [0.4, 0.5) is 5.82 Å². The predicted octanol–water partition coefficient (Wildman–Crippen LogP) is 4.80. The number of thioether (sulfide) groups is 1. The van der Waals surface area contributed by atoms with Crippen molar-refractivity contribution in [3.8, 4) is 23.3 Å². The third-order valence-corrected chi connectivity index (χ3v) is 8.11. The number of carbonyl (C=O) groups excluding carboxylic acids is 1. The van der Waals surface area contributed by atoms with Crippen molar-refractivity contribution >= 4 is 46.1 Å². The summed E-state index contributed by atoms with van der Waals surface area (Å²) in [5.41, 5.74) is 2.57. The number of nitrogens with zero attached hydrogens (tertiary/aromatic N) is 3. The summed E-state index contributed by atoms with van der Waals surface area (Å²) in [5, 5.41) is 13.2. The van der Waals surface area contributed by atoms with E-state index in [4.69, 9.17) is 26.4 Å². The molecule has 11 heteroatoms. The van der Waals surface area contributed by atoms with Gasteiger partial charge in [-0.25, -0.2) is 0 Å². The molecule has 5 rings (SSSR count). The predicted molar refractivity (Wildman–Crippen MR) is 157 cm³/mol. The highest BCUT2D eigenvalue weighted by Gasteiger charge is 2.33. The largest absolute Gasteiger partial charge is 0.497 e. The topological polar surface area (TPSA) is 106 Å². The molecule has 3 aromatic rings. The maximum absolute atomic E-state index is 13.5. The van der Waals surface area contributed by atoms with Crippen LogP contribution < -0.4 is 25.1 Å². The molecule has 1 fully saturated rings. The minimum Gasteiger partial charge on any atom is -0.497 e. The lowest BCUT2D eigenvalue weighted by atomic mass is 10.0. The molecule has 2 aromatic carbocycles. The third-order valence-electron chi connectivity index (χ3n) is 6.74. The molecule has 2 aliphatic rings. The summed E-state index contributed by atoms with van der Waals surface area (Å²) in [6.45, 7) is 4.76. The van der Waals surface area contributed by atoms with E-state index in [1.807, 2.05) is 55.5 Å². The Balaban J connectivity index is 1.49. The van der Waals surface area contributed by atoms with Crippen LogP contribution in [0.3, 0.4) is 0 Å². The average Bonchev–Trinajstić information content (AvgIpc) is 3.53. The molecule has 0 unspecified atom stereocenters. The smallest absolute Gasteiger partial charge is 0.270 e. The number of hydrogen-bond acceptors (Lipinski definition) is 9. The Hall–Kier alpha value is -4.27. The second-order valence-electron chi connectivity index (χ2n) is 9.08. The van der Waals surface area contributed by atoms with Crippen LogP contribution in [0.2, 0.25) is 0 Å². The number of fused-ring (bicyclic) bond motifs is 1. The molecule has 0 aliphatic carbocycles. The number of pyridine rings is 1. The third kappa shape index (κ3) is 5.15. The molecule has 1 N–H and O–H groups in total. The molecule has 1 aromatic heterocycles. The number of rotatable bonds is 8. The summed E-state index contributed by atoms with van der Waals surface area (Å²) in [4.78, 5) is 28.6. The number of methoxy groups -OCH3 is 1. The zero-order valence-electron chi connectivity index (χ0n) is 22.1. The van der Waals surface area contributed by atoms with Gasteiger partial charge in [0.05, 0.1) is 18.6 Å². The van der Waals surface area contributed by atoms with Crippen molar-refractivity contribution in [2.24, 2.45) is 0 Å². The Morgan fingerprint density at radius 2 is 1.88 bits per heavy atom.